The van der Waals surface area contributed by atoms with Gasteiger partial charge in [-0.1, -0.05) is 0 Å². The fraction of sp³-hybridized carbons (Fsp3) is 0.944. The molecule has 0 aromatic heterocycles. The van der Waals surface area contributed by atoms with Crippen molar-refractivity contribution in [1.29, 1.82) is 0 Å². The Kier molecular flexibility index (Phi) is 9.69. The van der Waals surface area contributed by atoms with Gasteiger partial charge in [0.25, 0.3) is 5.92 Å². The first-order valence-electron chi connectivity index (χ1n) is 9.60. The lowest BCUT2D eigenvalue weighted by Crippen LogP contribution is -2.48. The molecule has 3 saturated heterocycles. The lowest BCUT2D eigenvalue weighted by Gasteiger charge is -2.37. The van der Waals surface area contributed by atoms with E-state index in [4.69, 9.17) is 4.74 Å². The van der Waals surface area contributed by atoms with Crippen LogP contribution in [0.2, 0.25) is 0 Å². The molecule has 0 aromatic rings. The second-order valence-corrected chi connectivity index (χ2v) is 8.07. The smallest absolute Gasteiger partial charge is 0.262 e. The summed E-state index contributed by atoms with van der Waals surface area (Å²) in [5, 5.41) is 2.67. The molecule has 3 atom stereocenters. The van der Waals surface area contributed by atoms with Crippen LogP contribution in [0.25, 0.3) is 0 Å². The Bertz CT molecular complexity index is 470. The Morgan fingerprint density at radius 2 is 1.74 bits per heavy atom. The van der Waals surface area contributed by atoms with Crippen LogP contribution >= 0.6 is 24.8 Å². The number of nitrogens with zero attached hydrogens (tertiary/aromatic N) is 2. The lowest BCUT2D eigenvalue weighted by molar-refractivity contribution is -0.135. The van der Waals surface area contributed by atoms with Crippen LogP contribution in [0.15, 0.2) is 0 Å². The third-order valence-corrected chi connectivity index (χ3v) is 5.68. The van der Waals surface area contributed by atoms with Crippen LogP contribution in [0, 0.1) is 5.92 Å². The van der Waals surface area contributed by atoms with Crippen molar-refractivity contribution < 1.29 is 18.3 Å². The van der Waals surface area contributed by atoms with Gasteiger partial charge in [0.15, 0.2) is 0 Å². The molecule has 27 heavy (non-hydrogen) atoms. The molecule has 5 nitrogen and oxygen atoms in total. The van der Waals surface area contributed by atoms with Gasteiger partial charge in [-0.15, -0.1) is 24.8 Å². The van der Waals surface area contributed by atoms with E-state index in [1.165, 1.54) is 0 Å². The van der Waals surface area contributed by atoms with Gasteiger partial charge >= 0.3 is 0 Å². The monoisotopic (exact) mass is 431 g/mol. The zero-order valence-electron chi connectivity index (χ0n) is 16.2. The summed E-state index contributed by atoms with van der Waals surface area (Å²) in [5.41, 5.74) is 0. The first kappa shape index (κ1) is 24.8. The van der Waals surface area contributed by atoms with E-state index in [0.29, 0.717) is 31.2 Å². The van der Waals surface area contributed by atoms with Crippen molar-refractivity contribution in [3.63, 3.8) is 0 Å². The number of hydrogen-bond acceptors (Lipinski definition) is 4. The summed E-state index contributed by atoms with van der Waals surface area (Å²) in [4.78, 5) is 16.6. The highest BCUT2D eigenvalue weighted by Gasteiger charge is 2.43. The number of rotatable bonds is 4. The molecule has 0 aromatic carbocycles. The molecule has 9 heteroatoms. The number of halogens is 4. The van der Waals surface area contributed by atoms with E-state index in [2.05, 4.69) is 24.1 Å². The lowest BCUT2D eigenvalue weighted by atomic mass is 9.92. The summed E-state index contributed by atoms with van der Waals surface area (Å²) in [5.74, 6) is -2.27. The van der Waals surface area contributed by atoms with Crippen molar-refractivity contribution in [3.8, 4) is 0 Å². The molecule has 0 spiro atoms. The fourth-order valence-electron chi connectivity index (χ4n) is 4.38. The molecular weight excluding hydrogens is 399 g/mol. The van der Waals surface area contributed by atoms with Crippen LogP contribution in [0.3, 0.4) is 0 Å². The summed E-state index contributed by atoms with van der Waals surface area (Å²) in [7, 11) is 0. The summed E-state index contributed by atoms with van der Waals surface area (Å²) in [6.07, 6.45) is 3.31. The van der Waals surface area contributed by atoms with Crippen molar-refractivity contribution in [3.05, 3.63) is 0 Å². The zero-order valence-corrected chi connectivity index (χ0v) is 17.8. The molecule has 3 fully saturated rings. The third-order valence-electron chi connectivity index (χ3n) is 5.68. The van der Waals surface area contributed by atoms with E-state index in [1.807, 2.05) is 0 Å². The minimum Gasteiger partial charge on any atom is -0.373 e. The predicted octanol–water partition coefficient (Wildman–Crippen LogP) is 2.57. The molecule has 3 aliphatic heterocycles. The summed E-state index contributed by atoms with van der Waals surface area (Å²) in [6, 6.07) is -0.706. The summed E-state index contributed by atoms with van der Waals surface area (Å²) >= 11 is 0. The van der Waals surface area contributed by atoms with Crippen molar-refractivity contribution in [2.45, 2.75) is 63.7 Å². The largest absolute Gasteiger partial charge is 0.373 e. The number of piperidine rings is 1. The van der Waals surface area contributed by atoms with Gasteiger partial charge in [0, 0.05) is 32.6 Å². The highest BCUT2D eigenvalue weighted by atomic mass is 35.5. The third kappa shape index (κ3) is 6.96. The number of likely N-dealkylation sites (tertiary alicyclic amines) is 1. The summed E-state index contributed by atoms with van der Waals surface area (Å²) < 4.78 is 32.3. The van der Waals surface area contributed by atoms with E-state index >= 15 is 0 Å². The number of amides is 1. The van der Waals surface area contributed by atoms with Gasteiger partial charge < -0.3 is 9.64 Å². The normalized spacial score (nSPS) is 31.9. The Morgan fingerprint density at radius 1 is 1.15 bits per heavy atom. The molecule has 0 bridgehead atoms. The zero-order chi connectivity index (χ0) is 18.0. The van der Waals surface area contributed by atoms with Gasteiger partial charge in [0.1, 0.15) is 0 Å². The standard InChI is InChI=1S/C18H31F2N3O2.2ClH/c1-13-10-22(11-14(2)25-13)6-3-15-4-7-23(8-5-15)17(24)16-9-18(19,20)12-21-16;;/h13-16,21H,3-12H2,1-2H3;2*1H. The Labute approximate surface area is 173 Å². The van der Waals surface area contributed by atoms with Crippen LogP contribution in [-0.2, 0) is 9.53 Å². The van der Waals surface area contributed by atoms with Crippen LogP contribution in [0.1, 0.15) is 39.5 Å². The van der Waals surface area contributed by atoms with E-state index < -0.39 is 12.0 Å². The number of carbonyl (C=O) groups excluding carboxylic acids is 1. The van der Waals surface area contributed by atoms with Crippen LogP contribution in [-0.4, -0.2) is 79.1 Å². The minimum absolute atomic E-state index is 0. The maximum atomic E-state index is 13.3. The Hall–Kier alpha value is -0.210. The number of alkyl halides is 2. The molecule has 3 aliphatic rings. The molecule has 160 valence electrons. The molecule has 3 heterocycles. The first-order chi connectivity index (χ1) is 11.8. The van der Waals surface area contributed by atoms with Crippen molar-refractivity contribution >= 4 is 30.7 Å². The summed E-state index contributed by atoms with van der Waals surface area (Å²) in [6.45, 7) is 8.31. The second kappa shape index (κ2) is 10.5. The van der Waals surface area contributed by atoms with Gasteiger partial charge in [-0.05, 0) is 45.6 Å². The highest BCUT2D eigenvalue weighted by molar-refractivity contribution is 5.85. The van der Waals surface area contributed by atoms with E-state index in [9.17, 15) is 13.6 Å². The molecule has 3 rings (SSSR count). The molecule has 1 amide bonds. The molecule has 3 unspecified atom stereocenters. The molecule has 0 radical (unpaired) electrons. The number of nitrogens with one attached hydrogen (secondary N) is 1. The van der Waals surface area contributed by atoms with E-state index in [-0.39, 0.29) is 43.7 Å². The van der Waals surface area contributed by atoms with E-state index in [0.717, 1.165) is 38.9 Å². The molecule has 0 saturated carbocycles. The fourth-order valence-corrected chi connectivity index (χ4v) is 4.38. The second-order valence-electron chi connectivity index (χ2n) is 8.07. The number of ether oxygens (including phenoxy) is 1. The quantitative estimate of drug-likeness (QED) is 0.742. The van der Waals surface area contributed by atoms with Crippen LogP contribution < -0.4 is 5.32 Å². The van der Waals surface area contributed by atoms with Crippen molar-refractivity contribution in [2.24, 2.45) is 5.92 Å². The maximum absolute atomic E-state index is 13.3. The minimum atomic E-state index is -2.74. The maximum Gasteiger partial charge on any atom is 0.262 e. The Morgan fingerprint density at radius 3 is 2.26 bits per heavy atom. The number of morpholine rings is 1. The van der Waals surface area contributed by atoms with Crippen LogP contribution in [0.5, 0.6) is 0 Å². The molecule has 0 aliphatic carbocycles. The van der Waals surface area contributed by atoms with Gasteiger partial charge in [-0.3, -0.25) is 15.0 Å². The first-order valence-corrected chi connectivity index (χ1v) is 9.60. The van der Waals surface area contributed by atoms with Crippen LogP contribution in [0.4, 0.5) is 8.78 Å². The topological polar surface area (TPSA) is 44.8 Å². The van der Waals surface area contributed by atoms with Gasteiger partial charge in [-0.2, -0.15) is 0 Å². The Balaban J connectivity index is 0.00000182. The van der Waals surface area contributed by atoms with Crippen molar-refractivity contribution in [2.75, 3.05) is 39.3 Å². The average Bonchev–Trinajstić information content (AvgIpc) is 2.92. The number of carbonyl (C=O) groups is 1. The molecule has 1 N–H and O–H groups in total. The highest BCUT2D eigenvalue weighted by Crippen LogP contribution is 2.28. The average molecular weight is 432 g/mol. The number of hydrogen-bond donors (Lipinski definition) is 1. The van der Waals surface area contributed by atoms with Gasteiger partial charge in [0.2, 0.25) is 5.91 Å². The van der Waals surface area contributed by atoms with Gasteiger partial charge in [-0.25, -0.2) is 8.78 Å². The van der Waals surface area contributed by atoms with Crippen molar-refractivity contribution in [1.82, 2.24) is 15.1 Å². The predicted molar refractivity (Wildman–Crippen MR) is 106 cm³/mol. The van der Waals surface area contributed by atoms with Gasteiger partial charge in [0.05, 0.1) is 24.8 Å². The van der Waals surface area contributed by atoms with E-state index in [1.54, 1.807) is 4.90 Å². The molecular formula is C18H33Cl2F2N3O2. The SMILES string of the molecule is CC1CN(CCC2CCN(C(=O)C3CC(F)(F)CN3)CC2)CC(C)O1.Cl.Cl.